The first-order chi connectivity index (χ1) is 9.65. The first kappa shape index (κ1) is 14.0. The van der Waals surface area contributed by atoms with Crippen molar-refractivity contribution in [1.29, 1.82) is 0 Å². The summed E-state index contributed by atoms with van der Waals surface area (Å²) in [5.74, 6) is -0.108. The van der Waals surface area contributed by atoms with Crippen molar-refractivity contribution in [3.05, 3.63) is 71.6 Å². The molecule has 20 heavy (non-hydrogen) atoms. The molecule has 2 aromatic rings. The molecule has 0 fully saturated rings. The van der Waals surface area contributed by atoms with E-state index in [4.69, 9.17) is 0 Å². The molecule has 102 valence electrons. The standard InChI is InChI=1S/C17H18N2O/c1-13-5-3-6-15(11-13)8-9-17(20)19-14(2)16-7-4-10-18-12-16/h3-12,14H,1-2H3,(H,19,20)/b9-8+. The number of hydrogen-bond donors (Lipinski definition) is 1. The van der Waals surface area contributed by atoms with E-state index in [1.807, 2.05) is 56.3 Å². The second-order valence-corrected chi connectivity index (χ2v) is 4.76. The molecular formula is C17H18N2O. The molecule has 0 spiro atoms. The van der Waals surface area contributed by atoms with E-state index in [2.05, 4.69) is 10.3 Å². The van der Waals surface area contributed by atoms with Crippen LogP contribution in [0.25, 0.3) is 6.08 Å². The zero-order chi connectivity index (χ0) is 14.4. The number of benzene rings is 1. The van der Waals surface area contributed by atoms with E-state index in [1.165, 1.54) is 5.56 Å². The fourth-order valence-corrected chi connectivity index (χ4v) is 1.92. The zero-order valence-corrected chi connectivity index (χ0v) is 11.7. The number of hydrogen-bond acceptors (Lipinski definition) is 2. The largest absolute Gasteiger partial charge is 0.346 e. The summed E-state index contributed by atoms with van der Waals surface area (Å²) in [6, 6.07) is 11.8. The highest BCUT2D eigenvalue weighted by Gasteiger charge is 2.06. The maximum absolute atomic E-state index is 11.9. The molecule has 0 radical (unpaired) electrons. The number of aromatic nitrogens is 1. The summed E-state index contributed by atoms with van der Waals surface area (Å²) < 4.78 is 0. The Kier molecular flexibility index (Phi) is 4.66. The van der Waals surface area contributed by atoms with Crippen LogP contribution in [0.15, 0.2) is 54.9 Å². The molecule has 1 atom stereocenters. The van der Waals surface area contributed by atoms with Crippen LogP contribution in [0.2, 0.25) is 0 Å². The Morgan fingerprint density at radius 1 is 1.30 bits per heavy atom. The fraction of sp³-hybridized carbons (Fsp3) is 0.176. The molecule has 1 heterocycles. The average Bonchev–Trinajstić information content (AvgIpc) is 2.46. The second kappa shape index (κ2) is 6.66. The Hall–Kier alpha value is -2.42. The molecule has 0 aliphatic heterocycles. The molecule has 1 N–H and O–H groups in total. The van der Waals surface area contributed by atoms with Gasteiger partial charge in [-0.15, -0.1) is 0 Å². The number of rotatable bonds is 4. The molecule has 1 aromatic carbocycles. The number of amides is 1. The van der Waals surface area contributed by atoms with E-state index in [9.17, 15) is 4.79 Å². The third kappa shape index (κ3) is 4.05. The number of pyridine rings is 1. The molecule has 0 saturated carbocycles. The van der Waals surface area contributed by atoms with E-state index in [0.29, 0.717) is 0 Å². The topological polar surface area (TPSA) is 42.0 Å². The zero-order valence-electron chi connectivity index (χ0n) is 11.7. The lowest BCUT2D eigenvalue weighted by Gasteiger charge is -2.11. The molecule has 2 rings (SSSR count). The fourth-order valence-electron chi connectivity index (χ4n) is 1.92. The van der Waals surface area contributed by atoms with Crippen molar-refractivity contribution in [2.45, 2.75) is 19.9 Å². The summed E-state index contributed by atoms with van der Waals surface area (Å²) in [6.07, 6.45) is 6.85. The Bertz CT molecular complexity index is 605. The highest BCUT2D eigenvalue weighted by molar-refractivity contribution is 5.91. The quantitative estimate of drug-likeness (QED) is 0.863. The molecule has 0 aliphatic carbocycles. The van der Waals surface area contributed by atoms with E-state index >= 15 is 0 Å². The lowest BCUT2D eigenvalue weighted by atomic mass is 10.1. The highest BCUT2D eigenvalue weighted by Crippen LogP contribution is 2.10. The summed E-state index contributed by atoms with van der Waals surface area (Å²) in [5, 5.41) is 2.92. The van der Waals surface area contributed by atoms with Gasteiger partial charge in [0.1, 0.15) is 0 Å². The van der Waals surface area contributed by atoms with Gasteiger partial charge in [-0.1, -0.05) is 35.9 Å². The number of nitrogens with one attached hydrogen (secondary N) is 1. The van der Waals surface area contributed by atoms with E-state index in [0.717, 1.165) is 11.1 Å². The summed E-state index contributed by atoms with van der Waals surface area (Å²) in [6.45, 7) is 3.97. The van der Waals surface area contributed by atoms with Gasteiger partial charge in [-0.3, -0.25) is 9.78 Å². The number of carbonyl (C=O) groups excluding carboxylic acids is 1. The minimum atomic E-state index is -0.108. The van der Waals surface area contributed by atoms with Crippen molar-refractivity contribution in [1.82, 2.24) is 10.3 Å². The number of nitrogens with zero attached hydrogens (tertiary/aromatic N) is 1. The van der Waals surface area contributed by atoms with E-state index in [-0.39, 0.29) is 11.9 Å². The summed E-state index contributed by atoms with van der Waals surface area (Å²) in [4.78, 5) is 15.9. The lowest BCUT2D eigenvalue weighted by molar-refractivity contribution is -0.117. The third-order valence-electron chi connectivity index (χ3n) is 3.01. The monoisotopic (exact) mass is 266 g/mol. The summed E-state index contributed by atoms with van der Waals surface area (Å²) in [5.41, 5.74) is 3.19. The molecule has 3 heteroatoms. The predicted octanol–water partition coefficient (Wildman–Crippen LogP) is 3.28. The maximum Gasteiger partial charge on any atom is 0.244 e. The molecule has 1 amide bonds. The Balaban J connectivity index is 1.96. The Morgan fingerprint density at radius 3 is 2.85 bits per heavy atom. The molecular weight excluding hydrogens is 248 g/mol. The first-order valence-electron chi connectivity index (χ1n) is 6.60. The van der Waals surface area contributed by atoms with E-state index < -0.39 is 0 Å². The predicted molar refractivity (Wildman–Crippen MR) is 81.0 cm³/mol. The van der Waals surface area contributed by atoms with Crippen molar-refractivity contribution < 1.29 is 4.79 Å². The molecule has 0 aliphatic rings. The van der Waals surface area contributed by atoms with Gasteiger partial charge in [0.25, 0.3) is 0 Å². The van der Waals surface area contributed by atoms with Crippen molar-refractivity contribution in [2.24, 2.45) is 0 Å². The van der Waals surface area contributed by atoms with Crippen molar-refractivity contribution in [2.75, 3.05) is 0 Å². The van der Waals surface area contributed by atoms with Crippen LogP contribution in [0, 0.1) is 6.92 Å². The van der Waals surface area contributed by atoms with Crippen LogP contribution < -0.4 is 5.32 Å². The van der Waals surface area contributed by atoms with Gasteiger partial charge in [-0.2, -0.15) is 0 Å². The first-order valence-corrected chi connectivity index (χ1v) is 6.60. The second-order valence-electron chi connectivity index (χ2n) is 4.76. The number of aryl methyl sites for hydroxylation is 1. The summed E-state index contributed by atoms with van der Waals surface area (Å²) in [7, 11) is 0. The number of carbonyl (C=O) groups is 1. The van der Waals surface area contributed by atoms with Crippen LogP contribution in [0.3, 0.4) is 0 Å². The summed E-state index contributed by atoms with van der Waals surface area (Å²) >= 11 is 0. The lowest BCUT2D eigenvalue weighted by Crippen LogP contribution is -2.24. The van der Waals surface area contributed by atoms with Crippen LogP contribution in [0.4, 0.5) is 0 Å². The van der Waals surface area contributed by atoms with Crippen LogP contribution in [-0.2, 0) is 4.79 Å². The molecule has 1 unspecified atom stereocenters. The molecule has 0 bridgehead atoms. The van der Waals surface area contributed by atoms with Gasteiger partial charge in [-0.05, 0) is 37.1 Å². The van der Waals surface area contributed by atoms with Crippen molar-refractivity contribution >= 4 is 12.0 Å². The molecule has 3 nitrogen and oxygen atoms in total. The van der Waals surface area contributed by atoms with Gasteiger partial charge < -0.3 is 5.32 Å². The van der Waals surface area contributed by atoms with Gasteiger partial charge in [0.05, 0.1) is 6.04 Å². The Morgan fingerprint density at radius 2 is 2.15 bits per heavy atom. The normalized spacial score (nSPS) is 12.3. The van der Waals surface area contributed by atoms with Gasteiger partial charge in [0.15, 0.2) is 0 Å². The SMILES string of the molecule is Cc1cccc(/C=C/C(=O)NC(C)c2cccnc2)c1. The smallest absolute Gasteiger partial charge is 0.244 e. The van der Waals surface area contributed by atoms with Crippen LogP contribution in [-0.4, -0.2) is 10.9 Å². The van der Waals surface area contributed by atoms with Gasteiger partial charge >= 0.3 is 0 Å². The van der Waals surface area contributed by atoms with Crippen LogP contribution in [0.1, 0.15) is 29.7 Å². The van der Waals surface area contributed by atoms with Crippen LogP contribution >= 0.6 is 0 Å². The highest BCUT2D eigenvalue weighted by atomic mass is 16.1. The van der Waals surface area contributed by atoms with Gasteiger partial charge in [0.2, 0.25) is 5.91 Å². The van der Waals surface area contributed by atoms with Crippen molar-refractivity contribution in [3.8, 4) is 0 Å². The van der Waals surface area contributed by atoms with Crippen molar-refractivity contribution in [3.63, 3.8) is 0 Å². The van der Waals surface area contributed by atoms with Gasteiger partial charge in [-0.25, -0.2) is 0 Å². The molecule has 0 saturated heterocycles. The maximum atomic E-state index is 11.9. The third-order valence-corrected chi connectivity index (χ3v) is 3.01. The van der Waals surface area contributed by atoms with Gasteiger partial charge in [0, 0.05) is 18.5 Å². The van der Waals surface area contributed by atoms with E-state index in [1.54, 1.807) is 18.5 Å². The molecule has 1 aromatic heterocycles. The minimum Gasteiger partial charge on any atom is -0.346 e. The average molecular weight is 266 g/mol. The van der Waals surface area contributed by atoms with Crippen LogP contribution in [0.5, 0.6) is 0 Å². The Labute approximate surface area is 119 Å². The minimum absolute atomic E-state index is 0.0571.